The van der Waals surface area contributed by atoms with Gasteiger partial charge in [-0.1, -0.05) is 12.1 Å². The molecule has 0 fully saturated rings. The molecular formula is C12H11FN2O3. The van der Waals surface area contributed by atoms with E-state index in [9.17, 15) is 14.0 Å². The lowest BCUT2D eigenvalue weighted by Crippen LogP contribution is -2.33. The summed E-state index contributed by atoms with van der Waals surface area (Å²) in [5.74, 6) is -2.64. The zero-order valence-electron chi connectivity index (χ0n) is 9.85. The number of nitrogens with zero attached hydrogens (tertiary/aromatic N) is 2. The second kappa shape index (κ2) is 4.14. The Labute approximate surface area is 102 Å². The van der Waals surface area contributed by atoms with Gasteiger partial charge in [0.2, 0.25) is 11.4 Å². The fraction of sp³-hybridized carbons (Fsp3) is 0.167. The summed E-state index contributed by atoms with van der Waals surface area (Å²) in [5, 5.41) is 10.5. The van der Waals surface area contributed by atoms with E-state index in [2.05, 4.69) is 0 Å². The second-order valence-corrected chi connectivity index (χ2v) is 3.98. The molecule has 2 aromatic rings. The Balaban J connectivity index is 3.07. The third-order valence-electron chi connectivity index (χ3n) is 2.61. The van der Waals surface area contributed by atoms with Crippen molar-refractivity contribution >= 4 is 16.9 Å². The Morgan fingerprint density at radius 3 is 2.50 bits per heavy atom. The van der Waals surface area contributed by atoms with Crippen molar-refractivity contribution in [2.24, 2.45) is 0 Å². The van der Waals surface area contributed by atoms with Crippen molar-refractivity contribution in [1.29, 1.82) is 0 Å². The molecule has 18 heavy (non-hydrogen) atoms. The summed E-state index contributed by atoms with van der Waals surface area (Å²) in [7, 11) is 3.12. The Morgan fingerprint density at radius 2 is 1.94 bits per heavy atom. The van der Waals surface area contributed by atoms with Crippen LogP contribution in [0.5, 0.6) is 0 Å². The Morgan fingerprint density at radius 1 is 1.33 bits per heavy atom. The first-order valence-corrected chi connectivity index (χ1v) is 5.19. The van der Waals surface area contributed by atoms with Crippen LogP contribution in [0.2, 0.25) is 0 Å². The van der Waals surface area contributed by atoms with E-state index in [1.165, 1.54) is 11.1 Å². The van der Waals surface area contributed by atoms with Crippen LogP contribution in [0.3, 0.4) is 0 Å². The van der Waals surface area contributed by atoms with Gasteiger partial charge in [0, 0.05) is 19.5 Å². The first-order chi connectivity index (χ1) is 8.45. The minimum atomic E-state index is -1.57. The monoisotopic (exact) mass is 250 g/mol. The van der Waals surface area contributed by atoms with Crippen LogP contribution in [0.15, 0.2) is 29.1 Å². The van der Waals surface area contributed by atoms with Crippen LogP contribution in [0.1, 0.15) is 10.4 Å². The third-order valence-corrected chi connectivity index (χ3v) is 2.61. The summed E-state index contributed by atoms with van der Waals surface area (Å²) < 4.78 is 15.2. The Kier molecular flexibility index (Phi) is 2.78. The molecule has 1 aromatic carbocycles. The summed E-state index contributed by atoms with van der Waals surface area (Å²) in [6, 6.07) is 6.30. The summed E-state index contributed by atoms with van der Waals surface area (Å²) in [4.78, 5) is 22.9. The highest BCUT2D eigenvalue weighted by atomic mass is 19.1. The van der Waals surface area contributed by atoms with E-state index in [4.69, 9.17) is 5.11 Å². The van der Waals surface area contributed by atoms with E-state index in [0.29, 0.717) is 5.52 Å². The maximum absolute atomic E-state index is 14.1. The summed E-state index contributed by atoms with van der Waals surface area (Å²) in [6.45, 7) is 0. The van der Waals surface area contributed by atoms with Crippen LogP contribution in [-0.2, 0) is 0 Å². The van der Waals surface area contributed by atoms with Crippen molar-refractivity contribution in [3.63, 3.8) is 0 Å². The van der Waals surface area contributed by atoms with E-state index >= 15 is 0 Å². The molecule has 1 N–H and O–H groups in total. The van der Waals surface area contributed by atoms with Gasteiger partial charge in [-0.05, 0) is 12.1 Å². The quantitative estimate of drug-likeness (QED) is 0.809. The normalized spacial score (nSPS) is 10.6. The first kappa shape index (κ1) is 12.1. The van der Waals surface area contributed by atoms with Crippen LogP contribution >= 0.6 is 0 Å². The summed E-state index contributed by atoms with van der Waals surface area (Å²) in [6.07, 6.45) is 0. The number of hydrogen-bond acceptors (Lipinski definition) is 3. The molecule has 0 aliphatic carbocycles. The standard InChI is InChI=1S/C12H11FN2O3/c1-14(2)15-8-6-4-3-5-7(8)10(16)9(11(15)13)12(17)18/h3-6H,1-2H3,(H,17,18). The SMILES string of the molecule is CN(C)n1c(F)c(C(=O)O)c(=O)c2ccccc21. The van der Waals surface area contributed by atoms with Crippen LogP contribution < -0.4 is 10.4 Å². The zero-order chi connectivity index (χ0) is 13.4. The minimum absolute atomic E-state index is 0.171. The van der Waals surface area contributed by atoms with Gasteiger partial charge < -0.3 is 10.1 Å². The van der Waals surface area contributed by atoms with Gasteiger partial charge in [0.15, 0.2) is 5.56 Å². The number of para-hydroxylation sites is 1. The van der Waals surface area contributed by atoms with Crippen LogP contribution in [0.4, 0.5) is 4.39 Å². The number of benzene rings is 1. The van der Waals surface area contributed by atoms with E-state index in [0.717, 1.165) is 4.68 Å². The Hall–Kier alpha value is -2.37. The third kappa shape index (κ3) is 1.62. The molecule has 0 saturated heterocycles. The van der Waals surface area contributed by atoms with E-state index < -0.39 is 22.9 Å². The molecule has 1 heterocycles. The van der Waals surface area contributed by atoms with Crippen LogP contribution in [-0.4, -0.2) is 29.8 Å². The topological polar surface area (TPSA) is 62.5 Å². The molecule has 1 aromatic heterocycles. The smallest absolute Gasteiger partial charge is 0.344 e. The molecule has 94 valence electrons. The number of carboxylic acids is 1. The lowest BCUT2D eigenvalue weighted by molar-refractivity contribution is 0.0688. The number of rotatable bonds is 2. The number of hydrogen-bond donors (Lipinski definition) is 1. The van der Waals surface area contributed by atoms with E-state index in [1.54, 1.807) is 32.3 Å². The molecule has 2 rings (SSSR count). The van der Waals surface area contributed by atoms with Crippen LogP contribution in [0.25, 0.3) is 10.9 Å². The van der Waals surface area contributed by atoms with Gasteiger partial charge in [0.1, 0.15) is 0 Å². The number of aromatic nitrogens is 1. The van der Waals surface area contributed by atoms with Gasteiger partial charge in [-0.3, -0.25) is 4.79 Å². The second-order valence-electron chi connectivity index (χ2n) is 3.98. The molecule has 0 unspecified atom stereocenters. The zero-order valence-corrected chi connectivity index (χ0v) is 9.85. The van der Waals surface area contributed by atoms with E-state index in [-0.39, 0.29) is 5.39 Å². The summed E-state index contributed by atoms with van der Waals surface area (Å²) >= 11 is 0. The number of aromatic carboxylic acids is 1. The van der Waals surface area contributed by atoms with Crippen LogP contribution in [0, 0.1) is 5.95 Å². The average Bonchev–Trinajstić information content (AvgIpc) is 2.28. The molecule has 6 heteroatoms. The molecule has 0 saturated carbocycles. The van der Waals surface area contributed by atoms with Gasteiger partial charge in [0.25, 0.3) is 0 Å². The predicted molar refractivity (Wildman–Crippen MR) is 65.2 cm³/mol. The average molecular weight is 250 g/mol. The number of pyridine rings is 1. The van der Waals surface area contributed by atoms with Gasteiger partial charge in [-0.2, -0.15) is 4.39 Å². The molecule has 0 aliphatic heterocycles. The molecule has 5 nitrogen and oxygen atoms in total. The molecule has 0 aliphatic rings. The van der Waals surface area contributed by atoms with Gasteiger partial charge >= 0.3 is 5.97 Å². The maximum Gasteiger partial charge on any atom is 0.344 e. The molecule has 0 amide bonds. The molecule has 0 bridgehead atoms. The number of fused-ring (bicyclic) bond motifs is 1. The minimum Gasteiger partial charge on any atom is -0.477 e. The van der Waals surface area contributed by atoms with Crippen molar-refractivity contribution in [1.82, 2.24) is 4.68 Å². The van der Waals surface area contributed by atoms with Gasteiger partial charge in [-0.25, -0.2) is 9.47 Å². The van der Waals surface area contributed by atoms with E-state index in [1.807, 2.05) is 0 Å². The van der Waals surface area contributed by atoms with Gasteiger partial charge in [0.05, 0.1) is 5.52 Å². The summed E-state index contributed by atoms with van der Waals surface area (Å²) in [5.41, 5.74) is -1.33. The predicted octanol–water partition coefficient (Wildman–Crippen LogP) is 1.04. The number of carboxylic acid groups (broad SMARTS) is 1. The number of carbonyl (C=O) groups is 1. The highest BCUT2D eigenvalue weighted by Gasteiger charge is 2.22. The van der Waals surface area contributed by atoms with Crippen molar-refractivity contribution in [2.75, 3.05) is 19.1 Å². The fourth-order valence-electron chi connectivity index (χ4n) is 1.87. The van der Waals surface area contributed by atoms with Gasteiger partial charge in [-0.15, -0.1) is 0 Å². The highest BCUT2D eigenvalue weighted by molar-refractivity contribution is 5.92. The lowest BCUT2D eigenvalue weighted by atomic mass is 10.1. The maximum atomic E-state index is 14.1. The van der Waals surface area contributed by atoms with Crippen molar-refractivity contribution in [3.05, 3.63) is 46.0 Å². The van der Waals surface area contributed by atoms with Crippen molar-refractivity contribution in [2.45, 2.75) is 0 Å². The molecule has 0 atom stereocenters. The lowest BCUT2D eigenvalue weighted by Gasteiger charge is -2.21. The molecule has 0 spiro atoms. The largest absolute Gasteiger partial charge is 0.477 e. The van der Waals surface area contributed by atoms with Crippen molar-refractivity contribution in [3.8, 4) is 0 Å². The van der Waals surface area contributed by atoms with Crippen molar-refractivity contribution < 1.29 is 14.3 Å². The molecule has 0 radical (unpaired) electrons. The highest BCUT2D eigenvalue weighted by Crippen LogP contribution is 2.15. The number of halogens is 1. The molecular weight excluding hydrogens is 239 g/mol. The Bertz CT molecular complexity index is 692. The fourth-order valence-corrected chi connectivity index (χ4v) is 1.87. The first-order valence-electron chi connectivity index (χ1n) is 5.19.